The molecule has 20 heavy (non-hydrogen) atoms. The molecule has 1 aromatic heterocycles. The number of pyridine rings is 1. The van der Waals surface area contributed by atoms with Crippen LogP contribution in [0.25, 0.3) is 10.8 Å². The van der Waals surface area contributed by atoms with Crippen molar-refractivity contribution in [2.45, 2.75) is 25.3 Å². The summed E-state index contributed by atoms with van der Waals surface area (Å²) in [6, 6.07) is 9.93. The van der Waals surface area contributed by atoms with Gasteiger partial charge in [0.15, 0.2) is 0 Å². The van der Waals surface area contributed by atoms with Crippen molar-refractivity contribution in [3.05, 3.63) is 42.2 Å². The highest BCUT2D eigenvalue weighted by Crippen LogP contribution is 2.23. The van der Waals surface area contributed by atoms with Gasteiger partial charge in [-0.1, -0.05) is 30.7 Å². The van der Waals surface area contributed by atoms with Crippen molar-refractivity contribution in [2.24, 2.45) is 11.7 Å². The second-order valence-corrected chi connectivity index (χ2v) is 5.45. The summed E-state index contributed by atoms with van der Waals surface area (Å²) in [5, 5.41) is 4.91. The van der Waals surface area contributed by atoms with Crippen LogP contribution in [0.15, 0.2) is 36.5 Å². The highest BCUT2D eigenvalue weighted by Gasteiger charge is 2.24. The molecular weight excluding hydrogens is 250 g/mol. The molecular formula is C16H19N3O. The third-order valence-corrected chi connectivity index (χ3v) is 4.13. The van der Waals surface area contributed by atoms with E-state index in [2.05, 4.69) is 10.3 Å². The van der Waals surface area contributed by atoms with E-state index in [1.807, 2.05) is 30.3 Å². The van der Waals surface area contributed by atoms with Crippen LogP contribution < -0.4 is 11.1 Å². The van der Waals surface area contributed by atoms with Crippen LogP contribution in [0.1, 0.15) is 29.8 Å². The number of nitrogens with zero attached hydrogens (tertiary/aromatic N) is 1. The Balaban J connectivity index is 1.75. The molecule has 1 heterocycles. The van der Waals surface area contributed by atoms with Crippen LogP contribution in [-0.4, -0.2) is 23.5 Å². The summed E-state index contributed by atoms with van der Waals surface area (Å²) in [6.07, 6.45) is 5.00. The number of rotatable bonds is 3. The van der Waals surface area contributed by atoms with Crippen LogP contribution >= 0.6 is 0 Å². The van der Waals surface area contributed by atoms with E-state index < -0.39 is 0 Å². The average molecular weight is 269 g/mol. The van der Waals surface area contributed by atoms with E-state index in [1.54, 1.807) is 6.20 Å². The Hall–Kier alpha value is -1.94. The Morgan fingerprint density at radius 1 is 1.30 bits per heavy atom. The van der Waals surface area contributed by atoms with Gasteiger partial charge in [0.2, 0.25) is 0 Å². The Bertz CT molecular complexity index is 621. The van der Waals surface area contributed by atoms with Gasteiger partial charge in [-0.05, 0) is 30.2 Å². The molecule has 3 N–H and O–H groups in total. The van der Waals surface area contributed by atoms with Gasteiger partial charge < -0.3 is 11.1 Å². The first kappa shape index (κ1) is 13.1. The first-order valence-corrected chi connectivity index (χ1v) is 7.13. The molecule has 2 aromatic rings. The number of carbonyl (C=O) groups is 1. The number of benzene rings is 1. The van der Waals surface area contributed by atoms with Gasteiger partial charge in [-0.3, -0.25) is 9.78 Å². The third-order valence-electron chi connectivity index (χ3n) is 4.13. The van der Waals surface area contributed by atoms with E-state index in [-0.39, 0.29) is 11.9 Å². The molecule has 1 fully saturated rings. The molecule has 1 aliphatic carbocycles. The zero-order chi connectivity index (χ0) is 13.9. The molecule has 2 atom stereocenters. The predicted octanol–water partition coefficient (Wildman–Crippen LogP) is 2.09. The molecule has 3 rings (SSSR count). The van der Waals surface area contributed by atoms with Crippen LogP contribution in [0.2, 0.25) is 0 Å². The standard InChI is InChI=1S/C16H19N3O/c17-14-7-3-5-12(14)10-19-16(20)15-13-6-2-1-4-11(13)8-9-18-15/h1-2,4,6,8-9,12,14H,3,5,7,10,17H2,(H,19,20). The summed E-state index contributed by atoms with van der Waals surface area (Å²) in [7, 11) is 0. The van der Waals surface area contributed by atoms with Crippen molar-refractivity contribution < 1.29 is 4.79 Å². The molecule has 0 radical (unpaired) electrons. The topological polar surface area (TPSA) is 68.0 Å². The number of hydrogen-bond donors (Lipinski definition) is 2. The summed E-state index contributed by atoms with van der Waals surface area (Å²) in [4.78, 5) is 16.5. The minimum atomic E-state index is -0.110. The second-order valence-electron chi connectivity index (χ2n) is 5.45. The lowest BCUT2D eigenvalue weighted by atomic mass is 10.0. The van der Waals surface area contributed by atoms with Gasteiger partial charge in [0.25, 0.3) is 5.91 Å². The van der Waals surface area contributed by atoms with Crippen LogP contribution in [0, 0.1) is 5.92 Å². The lowest BCUT2D eigenvalue weighted by Crippen LogP contribution is -2.36. The Morgan fingerprint density at radius 2 is 2.15 bits per heavy atom. The van der Waals surface area contributed by atoms with Gasteiger partial charge in [0.05, 0.1) is 0 Å². The van der Waals surface area contributed by atoms with Gasteiger partial charge >= 0.3 is 0 Å². The summed E-state index contributed by atoms with van der Waals surface area (Å²) >= 11 is 0. The molecule has 1 aromatic carbocycles. The predicted molar refractivity (Wildman–Crippen MR) is 79.4 cm³/mol. The molecule has 1 saturated carbocycles. The van der Waals surface area contributed by atoms with Gasteiger partial charge in [-0.25, -0.2) is 0 Å². The number of aromatic nitrogens is 1. The van der Waals surface area contributed by atoms with Crippen molar-refractivity contribution in [2.75, 3.05) is 6.54 Å². The van der Waals surface area contributed by atoms with Crippen LogP contribution in [0.5, 0.6) is 0 Å². The SMILES string of the molecule is NC1CCCC1CNC(=O)c1nccc2ccccc12. The van der Waals surface area contributed by atoms with Crippen molar-refractivity contribution >= 4 is 16.7 Å². The van der Waals surface area contributed by atoms with Gasteiger partial charge in [-0.15, -0.1) is 0 Å². The van der Waals surface area contributed by atoms with E-state index >= 15 is 0 Å². The maximum atomic E-state index is 12.3. The number of nitrogens with two attached hydrogens (primary N) is 1. The van der Waals surface area contributed by atoms with E-state index in [4.69, 9.17) is 5.73 Å². The van der Waals surface area contributed by atoms with Crippen LogP contribution in [0.4, 0.5) is 0 Å². The van der Waals surface area contributed by atoms with Gasteiger partial charge in [-0.2, -0.15) is 0 Å². The minimum Gasteiger partial charge on any atom is -0.350 e. The number of fused-ring (bicyclic) bond motifs is 1. The molecule has 1 aliphatic rings. The quantitative estimate of drug-likeness (QED) is 0.896. The number of amides is 1. The lowest BCUT2D eigenvalue weighted by molar-refractivity contribution is 0.0943. The van der Waals surface area contributed by atoms with Crippen molar-refractivity contribution in [3.63, 3.8) is 0 Å². The summed E-state index contributed by atoms with van der Waals surface area (Å²) < 4.78 is 0. The summed E-state index contributed by atoms with van der Waals surface area (Å²) in [6.45, 7) is 0.644. The summed E-state index contributed by atoms with van der Waals surface area (Å²) in [5.74, 6) is 0.287. The molecule has 0 spiro atoms. The molecule has 4 heteroatoms. The Morgan fingerprint density at radius 3 is 2.95 bits per heavy atom. The Kier molecular flexibility index (Phi) is 3.65. The number of hydrogen-bond acceptors (Lipinski definition) is 3. The van der Waals surface area contributed by atoms with E-state index in [0.717, 1.165) is 30.0 Å². The zero-order valence-electron chi connectivity index (χ0n) is 11.4. The normalized spacial score (nSPS) is 22.1. The third kappa shape index (κ3) is 2.51. The Labute approximate surface area is 118 Å². The fourth-order valence-corrected chi connectivity index (χ4v) is 2.93. The number of nitrogens with one attached hydrogen (secondary N) is 1. The highest BCUT2D eigenvalue weighted by molar-refractivity contribution is 6.05. The van der Waals surface area contributed by atoms with Crippen molar-refractivity contribution in [3.8, 4) is 0 Å². The smallest absolute Gasteiger partial charge is 0.270 e. The fraction of sp³-hybridized carbons (Fsp3) is 0.375. The van der Waals surface area contributed by atoms with Crippen molar-refractivity contribution in [1.82, 2.24) is 10.3 Å². The molecule has 0 bridgehead atoms. The van der Waals surface area contributed by atoms with Gasteiger partial charge in [0.1, 0.15) is 5.69 Å². The maximum Gasteiger partial charge on any atom is 0.270 e. The summed E-state index contributed by atoms with van der Waals surface area (Å²) in [5.41, 5.74) is 6.52. The molecule has 1 amide bonds. The first-order valence-electron chi connectivity index (χ1n) is 7.13. The zero-order valence-corrected chi connectivity index (χ0v) is 11.4. The van der Waals surface area contributed by atoms with Crippen LogP contribution in [0.3, 0.4) is 0 Å². The molecule has 0 saturated heterocycles. The average Bonchev–Trinajstić information content (AvgIpc) is 2.89. The van der Waals surface area contributed by atoms with Crippen molar-refractivity contribution in [1.29, 1.82) is 0 Å². The van der Waals surface area contributed by atoms with E-state index in [0.29, 0.717) is 18.2 Å². The lowest BCUT2D eigenvalue weighted by Gasteiger charge is -2.16. The largest absolute Gasteiger partial charge is 0.350 e. The fourth-order valence-electron chi connectivity index (χ4n) is 2.93. The van der Waals surface area contributed by atoms with E-state index in [9.17, 15) is 4.79 Å². The molecule has 2 unspecified atom stereocenters. The van der Waals surface area contributed by atoms with Crippen LogP contribution in [-0.2, 0) is 0 Å². The second kappa shape index (κ2) is 5.59. The molecule has 4 nitrogen and oxygen atoms in total. The molecule has 104 valence electrons. The monoisotopic (exact) mass is 269 g/mol. The maximum absolute atomic E-state index is 12.3. The number of carbonyl (C=O) groups excluding carboxylic acids is 1. The minimum absolute atomic E-state index is 0.110. The highest BCUT2D eigenvalue weighted by atomic mass is 16.1. The van der Waals surface area contributed by atoms with E-state index in [1.165, 1.54) is 0 Å². The van der Waals surface area contributed by atoms with Gasteiger partial charge in [0, 0.05) is 24.2 Å². The first-order chi connectivity index (χ1) is 9.75. The molecule has 0 aliphatic heterocycles.